The van der Waals surface area contributed by atoms with Crippen LogP contribution in [0.15, 0.2) is 12.1 Å². The van der Waals surface area contributed by atoms with Crippen molar-refractivity contribution in [2.45, 2.75) is 45.6 Å². The summed E-state index contributed by atoms with van der Waals surface area (Å²) in [6, 6.07) is 4.08. The number of carbonyl (C=O) groups is 2. The number of carboxylic acids is 1. The Hall–Kier alpha value is -1.36. The van der Waals surface area contributed by atoms with Crippen molar-refractivity contribution in [1.29, 1.82) is 0 Å². The van der Waals surface area contributed by atoms with Crippen molar-refractivity contribution in [3.05, 3.63) is 21.9 Å². The molecule has 18 heavy (non-hydrogen) atoms. The molecule has 0 bridgehead atoms. The smallest absolute Gasteiger partial charge is 0.303 e. The number of carboxylic acid groups (broad SMARTS) is 1. The van der Waals surface area contributed by atoms with Crippen LogP contribution in [0.5, 0.6) is 0 Å². The SMILES string of the molecule is Cc1ccc(C(C)NC(=O)CCCCC(=O)O)s1. The second-order valence-corrected chi connectivity index (χ2v) is 5.66. The summed E-state index contributed by atoms with van der Waals surface area (Å²) in [6.45, 7) is 4.00. The monoisotopic (exact) mass is 269 g/mol. The van der Waals surface area contributed by atoms with Gasteiger partial charge in [-0.15, -0.1) is 11.3 Å². The van der Waals surface area contributed by atoms with E-state index < -0.39 is 5.97 Å². The molecule has 1 aromatic rings. The molecule has 5 heteroatoms. The van der Waals surface area contributed by atoms with Crippen LogP contribution in [0.1, 0.15) is 48.4 Å². The summed E-state index contributed by atoms with van der Waals surface area (Å²) in [6.07, 6.45) is 1.69. The number of hydrogen-bond acceptors (Lipinski definition) is 3. The van der Waals surface area contributed by atoms with E-state index in [9.17, 15) is 9.59 Å². The largest absolute Gasteiger partial charge is 0.481 e. The third-order valence-electron chi connectivity index (χ3n) is 2.61. The molecule has 1 amide bonds. The first-order valence-corrected chi connectivity index (χ1v) is 6.88. The minimum absolute atomic E-state index is 0.0149. The van der Waals surface area contributed by atoms with Gasteiger partial charge in [-0.25, -0.2) is 0 Å². The number of aryl methyl sites for hydroxylation is 1. The number of amides is 1. The van der Waals surface area contributed by atoms with Crippen LogP contribution in [0.4, 0.5) is 0 Å². The third-order valence-corrected chi connectivity index (χ3v) is 3.79. The first kappa shape index (κ1) is 14.7. The molecule has 0 aliphatic rings. The zero-order valence-corrected chi connectivity index (χ0v) is 11.5. The minimum Gasteiger partial charge on any atom is -0.481 e. The highest BCUT2D eigenvalue weighted by Gasteiger charge is 2.11. The van der Waals surface area contributed by atoms with E-state index in [0.717, 1.165) is 4.88 Å². The third kappa shape index (κ3) is 5.31. The summed E-state index contributed by atoms with van der Waals surface area (Å²) in [4.78, 5) is 24.3. The maximum atomic E-state index is 11.6. The highest BCUT2D eigenvalue weighted by atomic mass is 32.1. The molecule has 0 aromatic carbocycles. The Labute approximate surface area is 111 Å². The van der Waals surface area contributed by atoms with Crippen LogP contribution in [0.25, 0.3) is 0 Å². The molecule has 0 aliphatic carbocycles. The van der Waals surface area contributed by atoms with Gasteiger partial charge in [0, 0.05) is 22.6 Å². The average Bonchev–Trinajstić information content (AvgIpc) is 2.71. The summed E-state index contributed by atoms with van der Waals surface area (Å²) < 4.78 is 0. The Morgan fingerprint density at radius 2 is 2.00 bits per heavy atom. The van der Waals surface area contributed by atoms with Crippen molar-refractivity contribution < 1.29 is 14.7 Å². The molecule has 1 heterocycles. The molecule has 1 rings (SSSR count). The van der Waals surface area contributed by atoms with E-state index in [2.05, 4.69) is 5.32 Å². The number of thiophene rings is 1. The summed E-state index contributed by atoms with van der Waals surface area (Å²) in [5.41, 5.74) is 0. The second-order valence-electron chi connectivity index (χ2n) is 4.34. The van der Waals surface area contributed by atoms with Crippen molar-refractivity contribution in [1.82, 2.24) is 5.32 Å². The summed E-state index contributed by atoms with van der Waals surface area (Å²) in [5, 5.41) is 11.4. The van der Waals surface area contributed by atoms with Crippen molar-refractivity contribution in [3.63, 3.8) is 0 Å². The maximum absolute atomic E-state index is 11.6. The fourth-order valence-electron chi connectivity index (χ4n) is 1.63. The van der Waals surface area contributed by atoms with E-state index in [4.69, 9.17) is 5.11 Å². The number of hydrogen-bond donors (Lipinski definition) is 2. The zero-order chi connectivity index (χ0) is 13.5. The van der Waals surface area contributed by atoms with Crippen LogP contribution in [0.3, 0.4) is 0 Å². The maximum Gasteiger partial charge on any atom is 0.303 e. The molecule has 2 N–H and O–H groups in total. The Morgan fingerprint density at radius 1 is 1.33 bits per heavy atom. The van der Waals surface area contributed by atoms with Gasteiger partial charge in [0.05, 0.1) is 6.04 Å². The van der Waals surface area contributed by atoms with Gasteiger partial charge >= 0.3 is 5.97 Å². The standard InChI is InChI=1S/C13H19NO3S/c1-9-7-8-11(18-9)10(2)14-12(15)5-3-4-6-13(16)17/h7-8,10H,3-6H2,1-2H3,(H,14,15)(H,16,17). The quantitative estimate of drug-likeness (QED) is 0.748. The molecule has 1 unspecified atom stereocenters. The van der Waals surface area contributed by atoms with Crippen molar-refractivity contribution in [3.8, 4) is 0 Å². The van der Waals surface area contributed by atoms with E-state index in [-0.39, 0.29) is 18.4 Å². The number of carbonyl (C=O) groups excluding carboxylic acids is 1. The van der Waals surface area contributed by atoms with E-state index in [1.165, 1.54) is 4.88 Å². The Balaban J connectivity index is 2.25. The van der Waals surface area contributed by atoms with Gasteiger partial charge in [-0.05, 0) is 38.8 Å². The van der Waals surface area contributed by atoms with Crippen LogP contribution in [-0.4, -0.2) is 17.0 Å². The molecule has 1 atom stereocenters. The highest BCUT2D eigenvalue weighted by Crippen LogP contribution is 2.22. The topological polar surface area (TPSA) is 66.4 Å². The summed E-state index contributed by atoms with van der Waals surface area (Å²) >= 11 is 1.68. The molecule has 0 saturated carbocycles. The predicted molar refractivity (Wildman–Crippen MR) is 71.7 cm³/mol. The van der Waals surface area contributed by atoms with Gasteiger partial charge in [-0.3, -0.25) is 9.59 Å². The Kier molecular flexibility index (Phi) is 5.85. The molecule has 0 aliphatic heterocycles. The first-order chi connectivity index (χ1) is 8.49. The lowest BCUT2D eigenvalue weighted by atomic mass is 10.2. The summed E-state index contributed by atoms with van der Waals surface area (Å²) in [5.74, 6) is -0.822. The van der Waals surface area contributed by atoms with Crippen molar-refractivity contribution in [2.75, 3.05) is 0 Å². The molecule has 1 aromatic heterocycles. The molecular formula is C13H19NO3S. The van der Waals surface area contributed by atoms with E-state index in [1.54, 1.807) is 11.3 Å². The van der Waals surface area contributed by atoms with Gasteiger partial charge in [-0.1, -0.05) is 0 Å². The van der Waals surface area contributed by atoms with Gasteiger partial charge in [-0.2, -0.15) is 0 Å². The molecule has 0 radical (unpaired) electrons. The van der Waals surface area contributed by atoms with Crippen LogP contribution < -0.4 is 5.32 Å². The number of unbranched alkanes of at least 4 members (excludes halogenated alkanes) is 1. The Bertz CT molecular complexity index is 414. The highest BCUT2D eigenvalue weighted by molar-refractivity contribution is 7.12. The van der Waals surface area contributed by atoms with Crippen molar-refractivity contribution in [2.24, 2.45) is 0 Å². The van der Waals surface area contributed by atoms with Crippen LogP contribution in [0, 0.1) is 6.92 Å². The van der Waals surface area contributed by atoms with Crippen LogP contribution in [-0.2, 0) is 9.59 Å². The zero-order valence-electron chi connectivity index (χ0n) is 10.7. The van der Waals surface area contributed by atoms with E-state index in [1.807, 2.05) is 26.0 Å². The summed E-state index contributed by atoms with van der Waals surface area (Å²) in [7, 11) is 0. The van der Waals surface area contributed by atoms with Crippen LogP contribution >= 0.6 is 11.3 Å². The van der Waals surface area contributed by atoms with Gasteiger partial charge in [0.15, 0.2) is 0 Å². The van der Waals surface area contributed by atoms with Crippen molar-refractivity contribution >= 4 is 23.2 Å². The normalized spacial score (nSPS) is 12.1. The second kappa shape index (κ2) is 7.16. The number of nitrogens with one attached hydrogen (secondary N) is 1. The molecule has 0 saturated heterocycles. The Morgan fingerprint density at radius 3 is 2.56 bits per heavy atom. The fraction of sp³-hybridized carbons (Fsp3) is 0.538. The predicted octanol–water partition coefficient (Wildman–Crippen LogP) is 2.88. The van der Waals surface area contributed by atoms with Gasteiger partial charge in [0.2, 0.25) is 5.91 Å². The molecule has 4 nitrogen and oxygen atoms in total. The fourth-order valence-corrected chi connectivity index (χ4v) is 2.51. The minimum atomic E-state index is -0.808. The van der Waals surface area contributed by atoms with Gasteiger partial charge in [0.1, 0.15) is 0 Å². The first-order valence-electron chi connectivity index (χ1n) is 6.06. The molecule has 0 fully saturated rings. The lowest BCUT2D eigenvalue weighted by Crippen LogP contribution is -2.25. The molecule has 100 valence electrons. The number of rotatable bonds is 7. The molecular weight excluding hydrogens is 250 g/mol. The average molecular weight is 269 g/mol. The van der Waals surface area contributed by atoms with Gasteiger partial charge in [0.25, 0.3) is 0 Å². The van der Waals surface area contributed by atoms with Gasteiger partial charge < -0.3 is 10.4 Å². The van der Waals surface area contributed by atoms with E-state index >= 15 is 0 Å². The number of aliphatic carboxylic acids is 1. The van der Waals surface area contributed by atoms with Crippen LogP contribution in [0.2, 0.25) is 0 Å². The lowest BCUT2D eigenvalue weighted by molar-refractivity contribution is -0.137. The van der Waals surface area contributed by atoms with E-state index in [0.29, 0.717) is 19.3 Å². The lowest BCUT2D eigenvalue weighted by Gasteiger charge is -2.11. The molecule has 0 spiro atoms.